The summed E-state index contributed by atoms with van der Waals surface area (Å²) in [5.74, 6) is -3.58. The molecule has 0 spiro atoms. The van der Waals surface area contributed by atoms with Gasteiger partial charge in [0.2, 0.25) is 11.8 Å². The fraction of sp³-hybridized carbons (Fsp3) is 0.586. The number of piperazine rings is 1. The Hall–Kier alpha value is -2.96. The number of aliphatic hydroxyl groups is 2. The molecule has 1 saturated carbocycles. The highest BCUT2D eigenvalue weighted by Crippen LogP contribution is 2.63. The first-order chi connectivity index (χ1) is 19.4. The number of aromatic nitrogens is 1. The number of thiazole rings is 1. The van der Waals surface area contributed by atoms with Crippen LogP contribution in [0, 0.1) is 28.4 Å². The van der Waals surface area contributed by atoms with Crippen LogP contribution in [0.25, 0.3) is 0 Å². The van der Waals surface area contributed by atoms with Crippen LogP contribution in [0.15, 0.2) is 18.2 Å². The molecule has 1 saturated heterocycles. The number of hydrogen-bond donors (Lipinski definition) is 3. The van der Waals surface area contributed by atoms with Crippen LogP contribution >= 0.6 is 11.3 Å². The predicted molar refractivity (Wildman–Crippen MR) is 148 cm³/mol. The molecule has 3 N–H and O–H groups in total. The average molecular weight is 591 g/mol. The Morgan fingerprint density at radius 2 is 1.76 bits per heavy atom. The van der Waals surface area contributed by atoms with Gasteiger partial charge in [-0.15, -0.1) is 11.3 Å². The van der Waals surface area contributed by atoms with Crippen molar-refractivity contribution < 1.29 is 33.4 Å². The van der Waals surface area contributed by atoms with Crippen LogP contribution in [0.2, 0.25) is 0 Å². The second-order valence-corrected chi connectivity index (χ2v) is 13.1. The standard InChI is InChI=1S/C29H36F2N4O5S/c1-16(37)34-9-11-35(12-10-34)23(39)13-17-25-20(14-21-28(17,2)8-7-22(38)29(21,3)15-36)41-27(32-25)33-26(40)24-18(30)5-4-6-19(24)31/h4-6,17,21-22,36,38H,7-15H2,1-3H3,(H,32,33,40). The number of aliphatic hydroxyl groups excluding tert-OH is 2. The van der Waals surface area contributed by atoms with Crippen molar-refractivity contribution in [3.8, 4) is 0 Å². The number of carbonyl (C=O) groups excluding carboxylic acids is 3. The molecule has 12 heteroatoms. The summed E-state index contributed by atoms with van der Waals surface area (Å²) in [6.07, 6.45) is 0.963. The van der Waals surface area contributed by atoms with Gasteiger partial charge in [0.1, 0.15) is 17.2 Å². The zero-order valence-electron chi connectivity index (χ0n) is 23.5. The van der Waals surface area contributed by atoms with E-state index in [9.17, 15) is 33.4 Å². The number of benzene rings is 1. The van der Waals surface area contributed by atoms with Gasteiger partial charge in [0.25, 0.3) is 5.91 Å². The summed E-state index contributed by atoms with van der Waals surface area (Å²) in [4.78, 5) is 47.2. The number of carbonyl (C=O) groups is 3. The average Bonchev–Trinajstić information content (AvgIpc) is 3.33. The molecule has 3 aliphatic rings. The number of halogens is 2. The Morgan fingerprint density at radius 1 is 1.12 bits per heavy atom. The van der Waals surface area contributed by atoms with Crippen molar-refractivity contribution in [2.24, 2.45) is 16.7 Å². The zero-order valence-corrected chi connectivity index (χ0v) is 24.3. The maximum Gasteiger partial charge on any atom is 0.263 e. The summed E-state index contributed by atoms with van der Waals surface area (Å²) in [5, 5.41) is 24.1. The molecule has 222 valence electrons. The Balaban J connectivity index is 1.47. The first kappa shape index (κ1) is 29.5. The SMILES string of the molecule is CC(=O)N1CCN(C(=O)CC2c3nc(NC(=O)c4c(F)cccc4F)sc3CC3C(C)(CO)C(O)CCC23C)CC1. The number of amides is 3. The lowest BCUT2D eigenvalue weighted by Gasteiger charge is -2.58. The summed E-state index contributed by atoms with van der Waals surface area (Å²) in [6.45, 7) is 7.02. The van der Waals surface area contributed by atoms with E-state index in [1.165, 1.54) is 24.3 Å². The molecule has 2 heterocycles. The Kier molecular flexibility index (Phi) is 7.95. The van der Waals surface area contributed by atoms with Gasteiger partial charge >= 0.3 is 0 Å². The molecular weight excluding hydrogens is 554 g/mol. The van der Waals surface area contributed by atoms with E-state index in [2.05, 4.69) is 12.2 Å². The van der Waals surface area contributed by atoms with Crippen LogP contribution in [-0.4, -0.2) is 81.6 Å². The second kappa shape index (κ2) is 11.0. The lowest BCUT2D eigenvalue weighted by molar-refractivity contribution is -0.149. The van der Waals surface area contributed by atoms with Crippen LogP contribution in [0.3, 0.4) is 0 Å². The minimum atomic E-state index is -0.983. The lowest BCUT2D eigenvalue weighted by Crippen LogP contribution is -2.58. The highest BCUT2D eigenvalue weighted by molar-refractivity contribution is 7.15. The first-order valence-corrected chi connectivity index (χ1v) is 14.8. The molecule has 0 radical (unpaired) electrons. The van der Waals surface area contributed by atoms with Gasteiger partial charge in [-0.3, -0.25) is 19.7 Å². The number of nitrogens with zero attached hydrogens (tertiary/aromatic N) is 3. The molecule has 1 aromatic heterocycles. The molecule has 0 bridgehead atoms. The minimum Gasteiger partial charge on any atom is -0.396 e. The van der Waals surface area contributed by atoms with Crippen molar-refractivity contribution in [3.05, 3.63) is 46.0 Å². The quantitative estimate of drug-likeness (QED) is 0.492. The van der Waals surface area contributed by atoms with Gasteiger partial charge < -0.3 is 20.0 Å². The van der Waals surface area contributed by atoms with Crippen molar-refractivity contribution in [2.45, 2.75) is 58.5 Å². The number of nitrogens with one attached hydrogen (secondary N) is 1. The van der Waals surface area contributed by atoms with Crippen molar-refractivity contribution in [2.75, 3.05) is 38.1 Å². The molecule has 9 nitrogen and oxygen atoms in total. The molecule has 3 amide bonds. The number of fused-ring (bicyclic) bond motifs is 2. The molecular formula is C29H36F2N4O5S. The number of anilines is 1. The minimum absolute atomic E-state index is 0.0271. The fourth-order valence-corrected chi connectivity index (χ4v) is 8.21. The third-order valence-corrected chi connectivity index (χ3v) is 10.8. The van der Waals surface area contributed by atoms with E-state index in [1.807, 2.05) is 6.92 Å². The van der Waals surface area contributed by atoms with Gasteiger partial charge in [-0.25, -0.2) is 13.8 Å². The lowest BCUT2D eigenvalue weighted by atomic mass is 9.47. The molecule has 2 aromatic rings. The van der Waals surface area contributed by atoms with Crippen molar-refractivity contribution in [3.63, 3.8) is 0 Å². The molecule has 5 unspecified atom stereocenters. The van der Waals surface area contributed by atoms with Crippen molar-refractivity contribution in [1.29, 1.82) is 0 Å². The summed E-state index contributed by atoms with van der Waals surface area (Å²) in [5.41, 5.74) is -1.35. The summed E-state index contributed by atoms with van der Waals surface area (Å²) in [6, 6.07) is 3.20. The molecule has 2 aliphatic carbocycles. The topological polar surface area (TPSA) is 123 Å². The number of hydrogen-bond acceptors (Lipinski definition) is 7. The zero-order chi connectivity index (χ0) is 29.7. The van der Waals surface area contributed by atoms with Crippen LogP contribution in [0.4, 0.5) is 13.9 Å². The van der Waals surface area contributed by atoms with Crippen LogP contribution < -0.4 is 5.32 Å². The molecule has 41 heavy (non-hydrogen) atoms. The van der Waals surface area contributed by atoms with Gasteiger partial charge in [-0.1, -0.05) is 19.9 Å². The van der Waals surface area contributed by atoms with Crippen LogP contribution in [-0.2, 0) is 16.0 Å². The second-order valence-electron chi connectivity index (χ2n) is 12.0. The van der Waals surface area contributed by atoms with Crippen LogP contribution in [0.1, 0.15) is 66.9 Å². The van der Waals surface area contributed by atoms with E-state index >= 15 is 0 Å². The largest absolute Gasteiger partial charge is 0.396 e. The van der Waals surface area contributed by atoms with E-state index < -0.39 is 40.0 Å². The van der Waals surface area contributed by atoms with E-state index in [0.717, 1.165) is 17.0 Å². The van der Waals surface area contributed by atoms with E-state index in [0.29, 0.717) is 51.1 Å². The van der Waals surface area contributed by atoms with Crippen LogP contribution in [0.5, 0.6) is 0 Å². The van der Waals surface area contributed by atoms with Gasteiger partial charge in [-0.05, 0) is 42.7 Å². The third kappa shape index (κ3) is 5.14. The number of rotatable bonds is 5. The normalized spacial score (nSPS) is 29.5. The molecule has 1 aromatic carbocycles. The van der Waals surface area contributed by atoms with Gasteiger partial charge in [-0.2, -0.15) is 0 Å². The highest BCUT2D eigenvalue weighted by Gasteiger charge is 2.59. The summed E-state index contributed by atoms with van der Waals surface area (Å²) < 4.78 is 28.5. The van der Waals surface area contributed by atoms with Crippen molar-refractivity contribution in [1.82, 2.24) is 14.8 Å². The molecule has 5 rings (SSSR count). The highest BCUT2D eigenvalue weighted by atomic mass is 32.1. The Labute approximate surface area is 241 Å². The third-order valence-electron chi connectivity index (χ3n) is 9.76. The van der Waals surface area contributed by atoms with E-state index in [4.69, 9.17) is 4.98 Å². The predicted octanol–water partition coefficient (Wildman–Crippen LogP) is 3.17. The smallest absolute Gasteiger partial charge is 0.263 e. The maximum absolute atomic E-state index is 14.3. The monoisotopic (exact) mass is 590 g/mol. The molecule has 5 atom stereocenters. The molecule has 2 fully saturated rings. The van der Waals surface area contributed by atoms with E-state index in [-0.39, 0.29) is 41.8 Å². The van der Waals surface area contributed by atoms with Gasteiger partial charge in [0.05, 0.1) is 18.4 Å². The Bertz CT molecular complexity index is 1340. The summed E-state index contributed by atoms with van der Waals surface area (Å²) >= 11 is 1.19. The maximum atomic E-state index is 14.3. The molecule has 1 aliphatic heterocycles. The Morgan fingerprint density at radius 3 is 2.37 bits per heavy atom. The summed E-state index contributed by atoms with van der Waals surface area (Å²) in [7, 11) is 0. The van der Waals surface area contributed by atoms with Crippen molar-refractivity contribution >= 4 is 34.2 Å². The van der Waals surface area contributed by atoms with Gasteiger partial charge in [0, 0.05) is 55.7 Å². The van der Waals surface area contributed by atoms with Gasteiger partial charge in [0.15, 0.2) is 5.13 Å². The first-order valence-electron chi connectivity index (χ1n) is 14.0. The van der Waals surface area contributed by atoms with E-state index in [1.54, 1.807) is 9.80 Å². The fourth-order valence-electron chi connectivity index (χ4n) is 7.15.